The number of carbonyl (C=O) groups is 1. The van der Waals surface area contributed by atoms with Crippen molar-refractivity contribution in [3.05, 3.63) is 40.7 Å². The standard InChI is InChI=1S/C18H19N3O2S2/c19-18(5-6-24-11-18)8-16(22)20-9-17-21-13(10-25-17)15-7-12-3-1-2-4-14(12)23-15/h1-4,7,10H,5-6,8-9,11,19H2,(H,20,22). The van der Waals surface area contributed by atoms with Gasteiger partial charge in [-0.15, -0.1) is 11.3 Å². The molecule has 3 aromatic rings. The number of nitrogens with zero attached hydrogens (tertiary/aromatic N) is 1. The lowest BCUT2D eigenvalue weighted by Gasteiger charge is -2.21. The van der Waals surface area contributed by atoms with Gasteiger partial charge in [0.1, 0.15) is 16.3 Å². The molecule has 2 aromatic heterocycles. The van der Waals surface area contributed by atoms with E-state index in [0.717, 1.165) is 45.4 Å². The van der Waals surface area contributed by atoms with E-state index >= 15 is 0 Å². The van der Waals surface area contributed by atoms with Crippen LogP contribution in [-0.4, -0.2) is 27.9 Å². The van der Waals surface area contributed by atoms with Crippen molar-refractivity contribution in [1.29, 1.82) is 0 Å². The maximum Gasteiger partial charge on any atom is 0.222 e. The van der Waals surface area contributed by atoms with E-state index in [2.05, 4.69) is 10.3 Å². The van der Waals surface area contributed by atoms with E-state index in [1.165, 1.54) is 11.3 Å². The molecule has 0 saturated carbocycles. The van der Waals surface area contributed by atoms with Crippen LogP contribution >= 0.6 is 23.1 Å². The molecule has 1 fully saturated rings. The van der Waals surface area contributed by atoms with Crippen molar-refractivity contribution in [3.8, 4) is 11.5 Å². The van der Waals surface area contributed by atoms with E-state index in [-0.39, 0.29) is 11.4 Å². The minimum Gasteiger partial charge on any atom is -0.454 e. The predicted octanol–water partition coefficient (Wildman–Crippen LogP) is 3.40. The van der Waals surface area contributed by atoms with Crippen LogP contribution in [0.4, 0.5) is 0 Å². The van der Waals surface area contributed by atoms with E-state index in [4.69, 9.17) is 10.2 Å². The van der Waals surface area contributed by atoms with Crippen LogP contribution in [0.15, 0.2) is 40.1 Å². The smallest absolute Gasteiger partial charge is 0.222 e. The van der Waals surface area contributed by atoms with Crippen LogP contribution in [0.3, 0.4) is 0 Å². The lowest BCUT2D eigenvalue weighted by molar-refractivity contribution is -0.122. The van der Waals surface area contributed by atoms with Gasteiger partial charge < -0.3 is 15.5 Å². The summed E-state index contributed by atoms with van der Waals surface area (Å²) in [6.45, 7) is 0.424. The van der Waals surface area contributed by atoms with Crippen LogP contribution in [0, 0.1) is 0 Å². The van der Waals surface area contributed by atoms with Gasteiger partial charge in [0, 0.05) is 28.5 Å². The number of para-hydroxylation sites is 1. The molecule has 130 valence electrons. The third-order valence-corrected chi connectivity index (χ3v) is 6.43. The van der Waals surface area contributed by atoms with Gasteiger partial charge >= 0.3 is 0 Å². The summed E-state index contributed by atoms with van der Waals surface area (Å²) >= 11 is 3.33. The first kappa shape index (κ1) is 16.6. The van der Waals surface area contributed by atoms with Gasteiger partial charge in [-0.1, -0.05) is 18.2 Å². The topological polar surface area (TPSA) is 81.2 Å². The molecule has 1 aliphatic heterocycles. The summed E-state index contributed by atoms with van der Waals surface area (Å²) in [6.07, 6.45) is 1.28. The second-order valence-electron chi connectivity index (χ2n) is 6.39. The normalized spacial score (nSPS) is 20.2. The molecule has 3 heterocycles. The van der Waals surface area contributed by atoms with Crippen LogP contribution in [0.2, 0.25) is 0 Å². The number of nitrogens with one attached hydrogen (secondary N) is 1. The molecule has 0 radical (unpaired) electrons. The second-order valence-corrected chi connectivity index (χ2v) is 8.44. The van der Waals surface area contributed by atoms with Gasteiger partial charge in [0.2, 0.25) is 5.91 Å². The SMILES string of the molecule is NC1(CC(=O)NCc2nc(-c3cc4ccccc4o3)cs2)CCSC1. The Morgan fingerprint density at radius 3 is 3.08 bits per heavy atom. The maximum absolute atomic E-state index is 12.1. The summed E-state index contributed by atoms with van der Waals surface area (Å²) in [5.41, 5.74) is 7.54. The van der Waals surface area contributed by atoms with Gasteiger partial charge in [0.25, 0.3) is 0 Å². The van der Waals surface area contributed by atoms with Crippen molar-refractivity contribution in [2.45, 2.75) is 24.9 Å². The van der Waals surface area contributed by atoms with E-state index in [1.807, 2.05) is 47.5 Å². The third-order valence-electron chi connectivity index (χ3n) is 4.31. The van der Waals surface area contributed by atoms with Crippen LogP contribution in [0.25, 0.3) is 22.4 Å². The molecular formula is C18H19N3O2S2. The Balaban J connectivity index is 1.38. The first-order valence-electron chi connectivity index (χ1n) is 8.18. The average Bonchev–Trinajstić information content (AvgIpc) is 3.31. The Labute approximate surface area is 154 Å². The lowest BCUT2D eigenvalue weighted by atomic mass is 9.96. The molecule has 5 nitrogen and oxygen atoms in total. The highest BCUT2D eigenvalue weighted by Gasteiger charge is 2.32. The molecule has 0 bridgehead atoms. The Morgan fingerprint density at radius 2 is 2.28 bits per heavy atom. The minimum atomic E-state index is -0.350. The summed E-state index contributed by atoms with van der Waals surface area (Å²) in [5, 5.41) is 6.80. The minimum absolute atomic E-state index is 0.00881. The van der Waals surface area contributed by atoms with Gasteiger partial charge in [0.05, 0.1) is 6.54 Å². The molecule has 4 rings (SSSR count). The van der Waals surface area contributed by atoms with Crippen LogP contribution < -0.4 is 11.1 Å². The molecule has 7 heteroatoms. The highest BCUT2D eigenvalue weighted by Crippen LogP contribution is 2.29. The van der Waals surface area contributed by atoms with Crippen LogP contribution in [-0.2, 0) is 11.3 Å². The lowest BCUT2D eigenvalue weighted by Crippen LogP contribution is -2.44. The Bertz CT molecular complexity index is 864. The summed E-state index contributed by atoms with van der Waals surface area (Å²) in [4.78, 5) is 16.7. The zero-order valence-corrected chi connectivity index (χ0v) is 15.3. The first-order valence-corrected chi connectivity index (χ1v) is 10.2. The number of rotatable bonds is 5. The number of hydrogen-bond donors (Lipinski definition) is 2. The Kier molecular flexibility index (Phi) is 4.54. The van der Waals surface area contributed by atoms with Crippen LogP contribution in [0.1, 0.15) is 17.8 Å². The fraction of sp³-hybridized carbons (Fsp3) is 0.333. The van der Waals surface area contributed by atoms with E-state index in [0.29, 0.717) is 13.0 Å². The van der Waals surface area contributed by atoms with E-state index in [1.54, 1.807) is 0 Å². The van der Waals surface area contributed by atoms with Gasteiger partial charge in [-0.05, 0) is 24.3 Å². The van der Waals surface area contributed by atoms with Crippen molar-refractivity contribution < 1.29 is 9.21 Å². The third kappa shape index (κ3) is 3.73. The molecule has 1 saturated heterocycles. The number of amides is 1. The molecule has 0 aliphatic carbocycles. The molecule has 3 N–H and O–H groups in total. The summed E-state index contributed by atoms with van der Waals surface area (Å²) < 4.78 is 5.83. The first-order chi connectivity index (χ1) is 12.1. The summed E-state index contributed by atoms with van der Waals surface area (Å²) in [6, 6.07) is 9.88. The predicted molar refractivity (Wildman–Crippen MR) is 103 cm³/mol. The Morgan fingerprint density at radius 1 is 1.40 bits per heavy atom. The fourth-order valence-electron chi connectivity index (χ4n) is 2.93. The molecule has 1 aromatic carbocycles. The monoisotopic (exact) mass is 373 g/mol. The molecule has 0 spiro atoms. The van der Waals surface area contributed by atoms with Crippen molar-refractivity contribution >= 4 is 40.0 Å². The van der Waals surface area contributed by atoms with Crippen molar-refractivity contribution in [1.82, 2.24) is 10.3 Å². The summed E-state index contributed by atoms with van der Waals surface area (Å²) in [5.74, 6) is 2.63. The second kappa shape index (κ2) is 6.82. The van der Waals surface area contributed by atoms with Gasteiger partial charge in [-0.25, -0.2) is 4.98 Å². The number of thioether (sulfide) groups is 1. The maximum atomic E-state index is 12.1. The molecule has 1 atom stereocenters. The molecule has 1 unspecified atom stereocenters. The van der Waals surface area contributed by atoms with Gasteiger partial charge in [0.15, 0.2) is 5.76 Å². The highest BCUT2D eigenvalue weighted by molar-refractivity contribution is 7.99. The zero-order valence-electron chi connectivity index (χ0n) is 13.7. The van der Waals surface area contributed by atoms with Crippen molar-refractivity contribution in [2.24, 2.45) is 5.73 Å². The zero-order chi connectivity index (χ0) is 17.3. The highest BCUT2D eigenvalue weighted by atomic mass is 32.2. The molecule has 1 aliphatic rings. The average molecular weight is 374 g/mol. The van der Waals surface area contributed by atoms with Gasteiger partial charge in [-0.3, -0.25) is 4.79 Å². The fourth-order valence-corrected chi connectivity index (χ4v) is 5.00. The van der Waals surface area contributed by atoms with Crippen LogP contribution in [0.5, 0.6) is 0 Å². The number of nitrogens with two attached hydrogens (primary N) is 1. The number of furan rings is 1. The number of hydrogen-bond acceptors (Lipinski definition) is 6. The number of aromatic nitrogens is 1. The number of thiazole rings is 1. The molecule has 1 amide bonds. The Hall–Kier alpha value is -1.83. The van der Waals surface area contributed by atoms with Crippen molar-refractivity contribution in [2.75, 3.05) is 11.5 Å². The molecule has 25 heavy (non-hydrogen) atoms. The number of benzene rings is 1. The van der Waals surface area contributed by atoms with Gasteiger partial charge in [-0.2, -0.15) is 11.8 Å². The van der Waals surface area contributed by atoms with E-state index < -0.39 is 0 Å². The van der Waals surface area contributed by atoms with Crippen molar-refractivity contribution in [3.63, 3.8) is 0 Å². The van der Waals surface area contributed by atoms with E-state index in [9.17, 15) is 4.79 Å². The number of carbonyl (C=O) groups excluding carboxylic acids is 1. The quantitative estimate of drug-likeness (QED) is 0.716. The molecular weight excluding hydrogens is 354 g/mol. The number of fused-ring (bicyclic) bond motifs is 1. The summed E-state index contributed by atoms with van der Waals surface area (Å²) in [7, 11) is 0. The largest absolute Gasteiger partial charge is 0.454 e.